The first-order valence-electron chi connectivity index (χ1n) is 9.87. The number of amides is 1. The average molecular weight is 571 g/mol. The Morgan fingerprint density at radius 1 is 1.23 bits per heavy atom. The van der Waals surface area contributed by atoms with Crippen molar-refractivity contribution in [1.29, 1.82) is 0 Å². The fraction of sp³-hybridized carbons (Fsp3) is 0.304. The molecule has 2 aromatic carbocycles. The third-order valence-electron chi connectivity index (χ3n) is 4.35. The van der Waals surface area contributed by atoms with Crippen molar-refractivity contribution in [3.05, 3.63) is 61.8 Å². The van der Waals surface area contributed by atoms with Crippen LogP contribution in [0.4, 0.5) is 4.39 Å². The first-order valence-corrected chi connectivity index (χ1v) is 12.2. The van der Waals surface area contributed by atoms with Crippen LogP contribution >= 0.6 is 46.6 Å². The van der Waals surface area contributed by atoms with Gasteiger partial charge in [-0.25, -0.2) is 4.39 Å². The largest absolute Gasteiger partial charge is 0.490 e. The molecule has 0 radical (unpaired) electrons. The summed E-state index contributed by atoms with van der Waals surface area (Å²) >= 11 is 8.90. The summed E-state index contributed by atoms with van der Waals surface area (Å²) < 4.78 is 26.4. The molecule has 0 unspecified atom stereocenters. The zero-order valence-corrected chi connectivity index (χ0v) is 21.3. The third kappa shape index (κ3) is 6.20. The highest BCUT2D eigenvalue weighted by atomic mass is 127. The second kappa shape index (κ2) is 10.8. The highest BCUT2D eigenvalue weighted by Crippen LogP contribution is 2.38. The number of hydrogen-bond donors (Lipinski definition) is 0. The van der Waals surface area contributed by atoms with Gasteiger partial charge in [0.15, 0.2) is 11.5 Å². The van der Waals surface area contributed by atoms with Gasteiger partial charge in [-0.05, 0) is 76.9 Å². The topological polar surface area (TPSA) is 38.8 Å². The van der Waals surface area contributed by atoms with E-state index in [1.54, 1.807) is 17.0 Å². The molecule has 0 aliphatic carbocycles. The predicted molar refractivity (Wildman–Crippen MR) is 136 cm³/mol. The first-order chi connectivity index (χ1) is 14.8. The van der Waals surface area contributed by atoms with E-state index < -0.39 is 0 Å². The first kappa shape index (κ1) is 24.0. The van der Waals surface area contributed by atoms with E-state index in [0.717, 1.165) is 14.7 Å². The molecule has 0 spiro atoms. The standard InChI is InChI=1S/C23H23FINO3S2/c1-4-28-19-10-16(11-20-22(27)26(12-14(2)3)23(30)31-20)9-18(25)21(19)29-13-15-5-7-17(24)8-6-15/h5-11,14H,4,12-13H2,1-3H3/b20-11-. The zero-order valence-electron chi connectivity index (χ0n) is 17.5. The third-order valence-corrected chi connectivity index (χ3v) is 6.53. The molecule has 31 heavy (non-hydrogen) atoms. The van der Waals surface area contributed by atoms with Crippen molar-refractivity contribution >= 4 is 62.9 Å². The quantitative estimate of drug-likeness (QED) is 0.212. The summed E-state index contributed by atoms with van der Waals surface area (Å²) in [5.41, 5.74) is 1.70. The lowest BCUT2D eigenvalue weighted by Crippen LogP contribution is -2.31. The molecular formula is C23H23FINO3S2. The van der Waals surface area contributed by atoms with Gasteiger partial charge < -0.3 is 9.47 Å². The van der Waals surface area contributed by atoms with Crippen LogP contribution in [-0.4, -0.2) is 28.3 Å². The lowest BCUT2D eigenvalue weighted by Gasteiger charge is -2.16. The van der Waals surface area contributed by atoms with E-state index in [1.807, 2.05) is 25.1 Å². The molecule has 1 saturated heterocycles. The highest BCUT2D eigenvalue weighted by Gasteiger charge is 2.32. The van der Waals surface area contributed by atoms with Gasteiger partial charge in [0.2, 0.25) is 0 Å². The Morgan fingerprint density at radius 2 is 1.94 bits per heavy atom. The van der Waals surface area contributed by atoms with Crippen molar-refractivity contribution < 1.29 is 18.7 Å². The van der Waals surface area contributed by atoms with Gasteiger partial charge in [0, 0.05) is 6.54 Å². The zero-order chi connectivity index (χ0) is 22.5. The summed E-state index contributed by atoms with van der Waals surface area (Å²) in [6, 6.07) is 10.0. The number of rotatable bonds is 8. The number of nitrogens with zero attached hydrogens (tertiary/aromatic N) is 1. The Morgan fingerprint density at radius 3 is 2.58 bits per heavy atom. The maximum absolute atomic E-state index is 13.1. The Balaban J connectivity index is 1.84. The average Bonchev–Trinajstić information content (AvgIpc) is 2.96. The van der Waals surface area contributed by atoms with Crippen LogP contribution in [0.5, 0.6) is 11.5 Å². The second-order valence-electron chi connectivity index (χ2n) is 7.36. The van der Waals surface area contributed by atoms with Crippen LogP contribution in [0, 0.1) is 15.3 Å². The van der Waals surface area contributed by atoms with E-state index in [1.165, 1.54) is 23.9 Å². The van der Waals surface area contributed by atoms with Crippen LogP contribution in [0.25, 0.3) is 6.08 Å². The van der Waals surface area contributed by atoms with E-state index in [9.17, 15) is 9.18 Å². The number of carbonyl (C=O) groups excluding carboxylic acids is 1. The molecule has 0 N–H and O–H groups in total. The highest BCUT2D eigenvalue weighted by molar-refractivity contribution is 14.1. The molecule has 4 nitrogen and oxygen atoms in total. The lowest BCUT2D eigenvalue weighted by molar-refractivity contribution is -0.122. The minimum Gasteiger partial charge on any atom is -0.490 e. The number of thiocarbonyl (C=S) groups is 1. The van der Waals surface area contributed by atoms with Crippen LogP contribution in [0.15, 0.2) is 41.3 Å². The molecule has 1 amide bonds. The maximum Gasteiger partial charge on any atom is 0.266 e. The molecule has 0 aromatic heterocycles. The Labute approximate surface area is 205 Å². The van der Waals surface area contributed by atoms with Gasteiger partial charge in [-0.2, -0.15) is 0 Å². The van der Waals surface area contributed by atoms with Gasteiger partial charge >= 0.3 is 0 Å². The van der Waals surface area contributed by atoms with Gasteiger partial charge in [-0.15, -0.1) is 0 Å². The summed E-state index contributed by atoms with van der Waals surface area (Å²) in [6.07, 6.45) is 1.84. The molecule has 0 saturated carbocycles. The van der Waals surface area contributed by atoms with Gasteiger partial charge in [-0.3, -0.25) is 9.69 Å². The summed E-state index contributed by atoms with van der Waals surface area (Å²) in [5, 5.41) is 0. The molecule has 0 atom stereocenters. The van der Waals surface area contributed by atoms with Crippen LogP contribution in [0.3, 0.4) is 0 Å². The summed E-state index contributed by atoms with van der Waals surface area (Å²) in [6.45, 7) is 7.40. The SMILES string of the molecule is CCOc1cc(/C=C2\SC(=S)N(CC(C)C)C2=O)cc(I)c1OCc1ccc(F)cc1. The molecule has 1 fully saturated rings. The monoisotopic (exact) mass is 571 g/mol. The molecule has 1 heterocycles. The molecule has 164 valence electrons. The Kier molecular flexibility index (Phi) is 8.35. The molecule has 0 bridgehead atoms. The van der Waals surface area contributed by atoms with Crippen molar-refractivity contribution in [2.24, 2.45) is 5.92 Å². The van der Waals surface area contributed by atoms with Gasteiger partial charge in [0.25, 0.3) is 5.91 Å². The smallest absolute Gasteiger partial charge is 0.266 e. The number of carbonyl (C=O) groups is 1. The number of hydrogen-bond acceptors (Lipinski definition) is 5. The minimum atomic E-state index is -0.281. The Hall–Kier alpha value is -1.65. The Bertz CT molecular complexity index is 1010. The maximum atomic E-state index is 13.1. The van der Waals surface area contributed by atoms with E-state index >= 15 is 0 Å². The molecule has 2 aromatic rings. The van der Waals surface area contributed by atoms with Gasteiger partial charge in [0.05, 0.1) is 15.1 Å². The van der Waals surface area contributed by atoms with Crippen LogP contribution in [0.1, 0.15) is 31.9 Å². The molecule has 1 aliphatic rings. The summed E-state index contributed by atoms with van der Waals surface area (Å²) in [4.78, 5) is 15.0. The summed E-state index contributed by atoms with van der Waals surface area (Å²) in [5.74, 6) is 1.21. The van der Waals surface area contributed by atoms with Crippen molar-refractivity contribution in [3.63, 3.8) is 0 Å². The van der Waals surface area contributed by atoms with E-state index in [4.69, 9.17) is 21.7 Å². The molecule has 1 aliphatic heterocycles. The normalized spacial score (nSPS) is 15.3. The number of halogens is 2. The van der Waals surface area contributed by atoms with E-state index in [0.29, 0.717) is 46.4 Å². The van der Waals surface area contributed by atoms with Crippen molar-refractivity contribution in [2.75, 3.05) is 13.2 Å². The molecular weight excluding hydrogens is 548 g/mol. The van der Waals surface area contributed by atoms with Gasteiger partial charge in [-0.1, -0.05) is 50.0 Å². The minimum absolute atomic E-state index is 0.0618. The van der Waals surface area contributed by atoms with E-state index in [2.05, 4.69) is 36.4 Å². The molecule has 3 rings (SSSR count). The van der Waals surface area contributed by atoms with Crippen LogP contribution < -0.4 is 9.47 Å². The van der Waals surface area contributed by atoms with Crippen molar-refractivity contribution in [2.45, 2.75) is 27.4 Å². The lowest BCUT2D eigenvalue weighted by atomic mass is 10.1. The van der Waals surface area contributed by atoms with Crippen molar-refractivity contribution in [3.8, 4) is 11.5 Å². The number of thioether (sulfide) groups is 1. The molecule has 8 heteroatoms. The number of ether oxygens (including phenoxy) is 2. The second-order valence-corrected chi connectivity index (χ2v) is 10.2. The van der Waals surface area contributed by atoms with Crippen LogP contribution in [0.2, 0.25) is 0 Å². The number of benzene rings is 2. The van der Waals surface area contributed by atoms with Crippen LogP contribution in [-0.2, 0) is 11.4 Å². The predicted octanol–water partition coefficient (Wildman–Crippen LogP) is 6.27. The van der Waals surface area contributed by atoms with Crippen molar-refractivity contribution in [1.82, 2.24) is 4.90 Å². The fourth-order valence-corrected chi connectivity index (χ4v) is 5.04. The van der Waals surface area contributed by atoms with Gasteiger partial charge in [0.1, 0.15) is 16.7 Å². The summed E-state index contributed by atoms with van der Waals surface area (Å²) in [7, 11) is 0. The van der Waals surface area contributed by atoms with E-state index in [-0.39, 0.29) is 11.7 Å². The fourth-order valence-electron chi connectivity index (χ4n) is 2.98.